The van der Waals surface area contributed by atoms with Gasteiger partial charge < -0.3 is 19.4 Å². The SMILES string of the molecule is Cc1ccc([C@H](O)CNC(=O)c2cccn(C)c2=O)o1. The zero-order valence-electron chi connectivity index (χ0n) is 11.3. The Kier molecular flexibility index (Phi) is 4.05. The van der Waals surface area contributed by atoms with Crippen LogP contribution in [0.4, 0.5) is 0 Å². The fraction of sp³-hybridized carbons (Fsp3) is 0.286. The third kappa shape index (κ3) is 2.97. The van der Waals surface area contributed by atoms with E-state index in [0.717, 1.165) is 0 Å². The number of hydrogen-bond acceptors (Lipinski definition) is 4. The third-order valence-electron chi connectivity index (χ3n) is 2.91. The number of carbonyl (C=O) groups is 1. The topological polar surface area (TPSA) is 84.5 Å². The van der Waals surface area contributed by atoms with Crippen molar-refractivity contribution in [2.75, 3.05) is 6.54 Å². The first-order valence-corrected chi connectivity index (χ1v) is 6.17. The van der Waals surface area contributed by atoms with Crippen molar-refractivity contribution in [3.63, 3.8) is 0 Å². The molecule has 0 fully saturated rings. The van der Waals surface area contributed by atoms with E-state index < -0.39 is 12.0 Å². The van der Waals surface area contributed by atoms with Crippen molar-refractivity contribution >= 4 is 5.91 Å². The quantitative estimate of drug-likeness (QED) is 0.863. The van der Waals surface area contributed by atoms with Crippen LogP contribution in [0.5, 0.6) is 0 Å². The number of aryl methyl sites for hydroxylation is 2. The fourth-order valence-corrected chi connectivity index (χ4v) is 1.79. The minimum absolute atomic E-state index is 0.0240. The number of aromatic nitrogens is 1. The zero-order chi connectivity index (χ0) is 14.7. The standard InChI is InChI=1S/C14H16N2O4/c1-9-5-6-12(20-9)11(17)8-15-13(18)10-4-3-7-16(2)14(10)19/h3-7,11,17H,8H2,1-2H3,(H,15,18)/t11-/m1/s1. The van der Waals surface area contributed by atoms with Gasteiger partial charge in [-0.25, -0.2) is 0 Å². The van der Waals surface area contributed by atoms with Crippen LogP contribution in [0, 0.1) is 6.92 Å². The lowest BCUT2D eigenvalue weighted by atomic mass is 10.2. The van der Waals surface area contributed by atoms with E-state index >= 15 is 0 Å². The summed E-state index contributed by atoms with van der Waals surface area (Å²) in [6, 6.07) is 6.44. The highest BCUT2D eigenvalue weighted by Gasteiger charge is 2.15. The average Bonchev–Trinajstić information content (AvgIpc) is 2.85. The highest BCUT2D eigenvalue weighted by Crippen LogP contribution is 2.15. The smallest absolute Gasteiger partial charge is 0.263 e. The molecule has 6 nitrogen and oxygen atoms in total. The number of pyridine rings is 1. The van der Waals surface area contributed by atoms with Crippen LogP contribution >= 0.6 is 0 Å². The highest BCUT2D eigenvalue weighted by atomic mass is 16.4. The third-order valence-corrected chi connectivity index (χ3v) is 2.91. The normalized spacial score (nSPS) is 12.2. The summed E-state index contributed by atoms with van der Waals surface area (Å²) in [5, 5.41) is 12.4. The molecular weight excluding hydrogens is 260 g/mol. The Hall–Kier alpha value is -2.34. The molecule has 2 rings (SSSR count). The van der Waals surface area contributed by atoms with E-state index in [-0.39, 0.29) is 17.7 Å². The minimum atomic E-state index is -0.944. The number of furan rings is 1. The van der Waals surface area contributed by atoms with Gasteiger partial charge in [-0.3, -0.25) is 9.59 Å². The van der Waals surface area contributed by atoms with Gasteiger partial charge in [0.15, 0.2) is 0 Å². The number of aliphatic hydroxyl groups is 1. The number of hydrogen-bond donors (Lipinski definition) is 2. The van der Waals surface area contributed by atoms with Crippen LogP contribution in [0.15, 0.2) is 39.7 Å². The van der Waals surface area contributed by atoms with Crippen molar-refractivity contribution in [3.8, 4) is 0 Å². The van der Waals surface area contributed by atoms with Crippen LogP contribution in [-0.4, -0.2) is 22.1 Å². The first kappa shape index (κ1) is 14.1. The maximum absolute atomic E-state index is 11.9. The van der Waals surface area contributed by atoms with Crippen molar-refractivity contribution in [3.05, 3.63) is 57.9 Å². The number of nitrogens with one attached hydrogen (secondary N) is 1. The second-order valence-corrected chi connectivity index (χ2v) is 4.51. The summed E-state index contributed by atoms with van der Waals surface area (Å²) < 4.78 is 6.58. The van der Waals surface area contributed by atoms with Crippen molar-refractivity contribution in [2.24, 2.45) is 7.05 Å². The Balaban J connectivity index is 2.02. The van der Waals surface area contributed by atoms with Gasteiger partial charge in [-0.2, -0.15) is 0 Å². The van der Waals surface area contributed by atoms with Gasteiger partial charge in [0.25, 0.3) is 11.5 Å². The van der Waals surface area contributed by atoms with Crippen LogP contribution in [0.3, 0.4) is 0 Å². The predicted molar refractivity (Wildman–Crippen MR) is 72.4 cm³/mol. The van der Waals surface area contributed by atoms with Crippen molar-refractivity contribution in [1.29, 1.82) is 0 Å². The molecule has 106 valence electrons. The van der Waals surface area contributed by atoms with Gasteiger partial charge in [0.2, 0.25) is 0 Å². The Morgan fingerprint density at radius 2 is 2.20 bits per heavy atom. The number of aliphatic hydroxyl groups excluding tert-OH is 1. The Bertz CT molecular complexity index is 672. The van der Waals surface area contributed by atoms with Gasteiger partial charge >= 0.3 is 0 Å². The second-order valence-electron chi connectivity index (χ2n) is 4.51. The highest BCUT2D eigenvalue weighted by molar-refractivity contribution is 5.93. The molecule has 1 amide bonds. The van der Waals surface area contributed by atoms with Gasteiger partial charge in [0.1, 0.15) is 23.2 Å². The van der Waals surface area contributed by atoms with Crippen molar-refractivity contribution < 1.29 is 14.3 Å². The summed E-state index contributed by atoms with van der Waals surface area (Å²) in [7, 11) is 1.57. The summed E-state index contributed by atoms with van der Waals surface area (Å²) in [6.45, 7) is 1.74. The van der Waals surface area contributed by atoms with E-state index in [4.69, 9.17) is 4.42 Å². The summed E-state index contributed by atoms with van der Waals surface area (Å²) in [5.74, 6) is 0.541. The van der Waals surface area contributed by atoms with Gasteiger partial charge in [-0.1, -0.05) is 0 Å². The Labute approximate surface area is 115 Å². The molecule has 0 aliphatic rings. The molecule has 0 aliphatic heterocycles. The maximum Gasteiger partial charge on any atom is 0.263 e. The van der Waals surface area contributed by atoms with E-state index in [2.05, 4.69) is 5.32 Å². The van der Waals surface area contributed by atoms with E-state index in [1.54, 1.807) is 38.4 Å². The van der Waals surface area contributed by atoms with Gasteiger partial charge in [0.05, 0.1) is 6.54 Å². The Morgan fingerprint density at radius 3 is 2.85 bits per heavy atom. The number of rotatable bonds is 4. The number of amides is 1. The predicted octanol–water partition coefficient (Wildman–Crippen LogP) is 0.750. The molecule has 0 saturated carbocycles. The molecule has 6 heteroatoms. The molecule has 2 N–H and O–H groups in total. The van der Waals surface area contributed by atoms with Crippen LogP contribution in [-0.2, 0) is 7.05 Å². The van der Waals surface area contributed by atoms with Crippen molar-refractivity contribution in [1.82, 2.24) is 9.88 Å². The maximum atomic E-state index is 11.9. The van der Waals surface area contributed by atoms with E-state index in [1.165, 1.54) is 10.6 Å². The lowest BCUT2D eigenvalue weighted by Crippen LogP contribution is -2.34. The summed E-state index contributed by atoms with van der Waals surface area (Å²) in [4.78, 5) is 23.6. The van der Waals surface area contributed by atoms with Crippen LogP contribution in [0.2, 0.25) is 0 Å². The Morgan fingerprint density at radius 1 is 1.45 bits per heavy atom. The van der Waals surface area contributed by atoms with E-state index in [1.807, 2.05) is 0 Å². The summed E-state index contributed by atoms with van der Waals surface area (Å²) >= 11 is 0. The van der Waals surface area contributed by atoms with Crippen molar-refractivity contribution in [2.45, 2.75) is 13.0 Å². The number of nitrogens with zero attached hydrogens (tertiary/aromatic N) is 1. The molecule has 0 aliphatic carbocycles. The van der Waals surface area contributed by atoms with E-state index in [9.17, 15) is 14.7 Å². The number of carbonyl (C=O) groups excluding carboxylic acids is 1. The molecule has 0 bridgehead atoms. The average molecular weight is 276 g/mol. The molecule has 20 heavy (non-hydrogen) atoms. The fourth-order valence-electron chi connectivity index (χ4n) is 1.79. The molecule has 2 heterocycles. The summed E-state index contributed by atoms with van der Waals surface area (Å²) in [6.07, 6.45) is 0.625. The van der Waals surface area contributed by atoms with Crippen LogP contribution in [0.1, 0.15) is 28.0 Å². The first-order valence-electron chi connectivity index (χ1n) is 6.17. The molecule has 0 radical (unpaired) electrons. The molecular formula is C14H16N2O4. The largest absolute Gasteiger partial charge is 0.464 e. The monoisotopic (exact) mass is 276 g/mol. The molecule has 0 unspecified atom stereocenters. The first-order chi connectivity index (χ1) is 9.49. The van der Waals surface area contributed by atoms with Gasteiger partial charge in [-0.05, 0) is 31.2 Å². The van der Waals surface area contributed by atoms with Gasteiger partial charge in [0, 0.05) is 13.2 Å². The van der Waals surface area contributed by atoms with Crippen LogP contribution in [0.25, 0.3) is 0 Å². The molecule has 0 saturated heterocycles. The lowest BCUT2D eigenvalue weighted by Gasteiger charge is -2.09. The van der Waals surface area contributed by atoms with E-state index in [0.29, 0.717) is 11.5 Å². The minimum Gasteiger partial charge on any atom is -0.464 e. The molecule has 0 aromatic carbocycles. The summed E-state index contributed by atoms with van der Waals surface area (Å²) in [5.41, 5.74) is -0.342. The second kappa shape index (κ2) is 5.75. The van der Waals surface area contributed by atoms with Crippen LogP contribution < -0.4 is 10.9 Å². The molecule has 1 atom stereocenters. The van der Waals surface area contributed by atoms with Gasteiger partial charge in [-0.15, -0.1) is 0 Å². The molecule has 2 aromatic heterocycles. The molecule has 0 spiro atoms. The lowest BCUT2D eigenvalue weighted by molar-refractivity contribution is 0.0898. The zero-order valence-corrected chi connectivity index (χ0v) is 11.3. The molecule has 2 aromatic rings.